The van der Waals surface area contributed by atoms with Gasteiger partial charge in [0.1, 0.15) is 46.4 Å². The number of rotatable bonds is 8. The van der Waals surface area contributed by atoms with Gasteiger partial charge in [0.25, 0.3) is 0 Å². The third kappa shape index (κ3) is 9.43. The molecule has 8 rings (SSSR count). The Hall–Kier alpha value is -4.88. The summed E-state index contributed by atoms with van der Waals surface area (Å²) in [6.07, 6.45) is 8.16. The zero-order chi connectivity index (χ0) is 38.2. The van der Waals surface area contributed by atoms with Gasteiger partial charge in [0.15, 0.2) is 0 Å². The minimum Gasteiger partial charge on any atom is -0.550 e. The Labute approximate surface area is 322 Å². The van der Waals surface area contributed by atoms with Crippen LogP contribution in [0.4, 0.5) is 0 Å². The quantitative estimate of drug-likeness (QED) is 0.165. The molecule has 2 aliphatic carbocycles. The molecule has 4 nitrogen and oxygen atoms in total. The predicted molar refractivity (Wildman–Crippen MR) is 227 cm³/mol. The van der Waals surface area contributed by atoms with Crippen LogP contribution >= 0.6 is 14.5 Å². The van der Waals surface area contributed by atoms with E-state index in [-0.39, 0.29) is 0 Å². The number of carboxylic acid groups (broad SMARTS) is 2. The van der Waals surface area contributed by atoms with Crippen LogP contribution in [-0.4, -0.2) is 23.3 Å². The number of carbonyl (C=O) groups excluding carboxylic acids is 2. The van der Waals surface area contributed by atoms with Crippen molar-refractivity contribution in [1.29, 1.82) is 0 Å². The van der Waals surface area contributed by atoms with E-state index < -0.39 is 26.5 Å². The Morgan fingerprint density at radius 3 is 0.630 bits per heavy atom. The Bertz CT molecular complexity index is 1630. The number of hydrogen-bond acceptors (Lipinski definition) is 4. The van der Waals surface area contributed by atoms with Crippen molar-refractivity contribution >= 4 is 58.3 Å². The van der Waals surface area contributed by atoms with Crippen LogP contribution in [0.15, 0.2) is 182 Å². The minimum atomic E-state index is -1.56. The molecule has 0 N–H and O–H groups in total. The van der Waals surface area contributed by atoms with Gasteiger partial charge in [0, 0.05) is 11.9 Å². The fourth-order valence-electron chi connectivity index (χ4n) is 7.69. The first-order chi connectivity index (χ1) is 26.3. The maximum Gasteiger partial charge on any atom is 0.115 e. The van der Waals surface area contributed by atoms with E-state index in [9.17, 15) is 0 Å². The molecule has 0 atom stereocenters. The highest BCUT2D eigenvalue weighted by Crippen LogP contribution is 2.66. The molecule has 0 amide bonds. The molecule has 0 aromatic heterocycles. The number of hydrogen-bond donors (Lipinski definition) is 0. The van der Waals surface area contributed by atoms with Crippen LogP contribution in [0.1, 0.15) is 52.4 Å². The van der Waals surface area contributed by atoms with Crippen molar-refractivity contribution in [3.05, 3.63) is 182 Å². The van der Waals surface area contributed by atoms with E-state index in [0.29, 0.717) is 0 Å². The lowest BCUT2D eigenvalue weighted by atomic mass is 10.00. The molecule has 276 valence electrons. The van der Waals surface area contributed by atoms with Crippen molar-refractivity contribution in [3.63, 3.8) is 0 Å². The van der Waals surface area contributed by atoms with E-state index in [1.807, 2.05) is 0 Å². The zero-order valence-corrected chi connectivity index (χ0v) is 33.0. The van der Waals surface area contributed by atoms with E-state index in [2.05, 4.69) is 182 Å². The molecule has 2 fully saturated rings. The Morgan fingerprint density at radius 2 is 0.519 bits per heavy atom. The van der Waals surface area contributed by atoms with Crippen LogP contribution < -0.4 is 42.0 Å². The summed E-state index contributed by atoms with van der Waals surface area (Å²) in [6, 6.07) is 67.5. The van der Waals surface area contributed by atoms with Crippen LogP contribution in [0.25, 0.3) is 0 Å². The number of carbonyl (C=O) groups is 2. The maximum absolute atomic E-state index is 8.89. The summed E-state index contributed by atoms with van der Waals surface area (Å²) < 4.78 is 0. The average molecular weight is 753 g/mol. The number of benzene rings is 6. The third-order valence-corrected chi connectivity index (χ3v) is 20.1. The van der Waals surface area contributed by atoms with Gasteiger partial charge in [0.2, 0.25) is 0 Å². The van der Waals surface area contributed by atoms with Gasteiger partial charge in [-0.15, -0.1) is 0 Å². The second-order valence-corrected chi connectivity index (χ2v) is 21.1. The topological polar surface area (TPSA) is 80.3 Å². The molecule has 6 aromatic rings. The Balaban J connectivity index is 0.000000174. The van der Waals surface area contributed by atoms with E-state index >= 15 is 0 Å². The largest absolute Gasteiger partial charge is 0.550 e. The van der Waals surface area contributed by atoms with Crippen LogP contribution in [0.2, 0.25) is 0 Å². The fourth-order valence-corrected chi connectivity index (χ4v) is 18.1. The number of carboxylic acids is 2. The highest BCUT2D eigenvalue weighted by molar-refractivity contribution is 7.96. The molecule has 6 aromatic carbocycles. The fraction of sp³-hybridized carbons (Fsp3) is 0.208. The van der Waals surface area contributed by atoms with Gasteiger partial charge in [-0.1, -0.05) is 109 Å². The lowest BCUT2D eigenvalue weighted by Gasteiger charge is -2.39. The molecular weight excluding hydrogens is 702 g/mol. The normalized spacial score (nSPS) is 13.8. The first kappa shape index (κ1) is 40.3. The van der Waals surface area contributed by atoms with E-state index in [0.717, 1.165) is 25.2 Å². The summed E-state index contributed by atoms with van der Waals surface area (Å²) in [5, 5.41) is 27.0. The molecule has 0 radical (unpaired) electrons. The predicted octanol–water partition coefficient (Wildman–Crippen LogP) is 6.58. The van der Waals surface area contributed by atoms with Crippen molar-refractivity contribution in [2.24, 2.45) is 0 Å². The first-order valence-electron chi connectivity index (χ1n) is 18.8. The van der Waals surface area contributed by atoms with Crippen LogP contribution in [-0.2, 0) is 9.59 Å². The van der Waals surface area contributed by atoms with Gasteiger partial charge in [0.05, 0.1) is 11.3 Å². The molecule has 6 heteroatoms. The molecule has 0 bridgehead atoms. The molecule has 0 spiro atoms. The molecule has 2 aliphatic rings. The van der Waals surface area contributed by atoms with Gasteiger partial charge in [-0.25, -0.2) is 0 Å². The molecular formula is C48H50O4P2. The molecule has 0 aliphatic heterocycles. The van der Waals surface area contributed by atoms with E-state index in [1.54, 1.807) is 0 Å². The second kappa shape index (κ2) is 20.0. The van der Waals surface area contributed by atoms with E-state index in [4.69, 9.17) is 19.8 Å². The molecule has 0 saturated heterocycles. The average Bonchev–Trinajstić information content (AvgIpc) is 3.16. The van der Waals surface area contributed by atoms with Crippen molar-refractivity contribution < 1.29 is 19.8 Å². The SMILES string of the molecule is CC(=O)[O-].CC(=O)[O-].c1ccc([P+](c2ccccc2)(c2ccccc2)C2CCC2)cc1.c1ccc([P+](c2ccccc2)(c2ccccc2)C2CCC2)cc1. The summed E-state index contributed by atoms with van der Waals surface area (Å²) in [5.74, 6) is -2.17. The zero-order valence-electron chi connectivity index (χ0n) is 31.2. The summed E-state index contributed by atoms with van der Waals surface area (Å²) >= 11 is 0. The summed E-state index contributed by atoms with van der Waals surface area (Å²) in [5.41, 5.74) is 1.57. The van der Waals surface area contributed by atoms with Gasteiger partial charge in [-0.3, -0.25) is 0 Å². The molecule has 2 saturated carbocycles. The molecule has 54 heavy (non-hydrogen) atoms. The number of aliphatic carboxylic acids is 2. The van der Waals surface area contributed by atoms with Crippen LogP contribution in [0, 0.1) is 0 Å². The summed E-state index contributed by atoms with van der Waals surface area (Å²) in [7, 11) is -3.11. The van der Waals surface area contributed by atoms with Crippen molar-refractivity contribution in [2.75, 3.05) is 0 Å². The summed E-state index contributed by atoms with van der Waals surface area (Å²) in [4.78, 5) is 17.8. The molecule has 0 heterocycles. The second-order valence-electron chi connectivity index (χ2n) is 13.6. The Kier molecular flexibility index (Phi) is 14.9. The molecule has 0 unspecified atom stereocenters. The van der Waals surface area contributed by atoms with Crippen molar-refractivity contribution in [1.82, 2.24) is 0 Å². The standard InChI is InChI=1S/2C22H22P.2C2H4O2/c2*1-4-11-19(12-5-1)23(22-17-10-18-22,20-13-6-2-7-14-20)21-15-8-3-9-16-21;2*1-2(3)4/h2*1-9,11-16,22H,10,17-18H2;2*1H3,(H,3,4)/q2*+1;;/p-2. The van der Waals surface area contributed by atoms with Gasteiger partial charge in [-0.05, 0) is 125 Å². The van der Waals surface area contributed by atoms with Gasteiger partial charge >= 0.3 is 0 Å². The lowest BCUT2D eigenvalue weighted by Crippen LogP contribution is -2.41. The van der Waals surface area contributed by atoms with Crippen LogP contribution in [0.5, 0.6) is 0 Å². The Morgan fingerprint density at radius 1 is 0.370 bits per heavy atom. The minimum absolute atomic E-state index is 0.787. The maximum atomic E-state index is 8.89. The van der Waals surface area contributed by atoms with Crippen LogP contribution in [0.3, 0.4) is 0 Å². The van der Waals surface area contributed by atoms with Crippen molar-refractivity contribution in [2.45, 2.75) is 63.7 Å². The van der Waals surface area contributed by atoms with Crippen molar-refractivity contribution in [3.8, 4) is 0 Å². The first-order valence-corrected chi connectivity index (χ1v) is 22.5. The highest BCUT2D eigenvalue weighted by atomic mass is 31.2. The van der Waals surface area contributed by atoms with E-state index in [1.165, 1.54) is 70.4 Å². The third-order valence-electron chi connectivity index (χ3n) is 10.2. The highest BCUT2D eigenvalue weighted by Gasteiger charge is 2.55. The monoisotopic (exact) mass is 752 g/mol. The summed E-state index contributed by atoms with van der Waals surface area (Å²) in [6.45, 7) is 1.94. The smallest absolute Gasteiger partial charge is 0.115 e. The lowest BCUT2D eigenvalue weighted by molar-refractivity contribution is -0.303. The van der Waals surface area contributed by atoms with Gasteiger partial charge < -0.3 is 19.8 Å². The van der Waals surface area contributed by atoms with Gasteiger partial charge in [-0.2, -0.15) is 0 Å².